The van der Waals surface area contributed by atoms with Crippen molar-refractivity contribution >= 4 is 5.97 Å². The predicted octanol–water partition coefficient (Wildman–Crippen LogP) is -0.0295. The van der Waals surface area contributed by atoms with Crippen molar-refractivity contribution < 1.29 is 14.7 Å². The van der Waals surface area contributed by atoms with Crippen LogP contribution in [0, 0.1) is 0 Å². The third kappa shape index (κ3) is 1.40. The van der Waals surface area contributed by atoms with Gasteiger partial charge in [-0.1, -0.05) is 0 Å². The lowest BCUT2D eigenvalue weighted by Crippen LogP contribution is -2.27. The lowest BCUT2D eigenvalue weighted by atomic mass is 10.3. The number of nitrogens with zero attached hydrogens (tertiary/aromatic N) is 1. The van der Waals surface area contributed by atoms with Gasteiger partial charge >= 0.3 is 5.97 Å². The molecule has 0 radical (unpaired) electrons. The third-order valence-electron chi connectivity index (χ3n) is 1.28. The molecule has 0 aromatic carbocycles. The van der Waals surface area contributed by atoms with Crippen molar-refractivity contribution in [3.63, 3.8) is 0 Å². The molecule has 0 bridgehead atoms. The maximum atomic E-state index is 10.4. The number of ether oxygens (including phenoxy) is 1. The van der Waals surface area contributed by atoms with Gasteiger partial charge in [-0.3, -0.25) is 4.79 Å². The van der Waals surface area contributed by atoms with E-state index in [-0.39, 0.29) is 5.97 Å². The molecular formula is C5H9NO3. The van der Waals surface area contributed by atoms with Crippen LogP contribution < -0.4 is 0 Å². The van der Waals surface area contributed by atoms with Crippen LogP contribution in [0.3, 0.4) is 0 Å². The van der Waals surface area contributed by atoms with Crippen molar-refractivity contribution in [2.45, 2.75) is 19.1 Å². The van der Waals surface area contributed by atoms with Gasteiger partial charge in [-0.2, -0.15) is 5.06 Å². The molecule has 1 atom stereocenters. The van der Waals surface area contributed by atoms with Gasteiger partial charge in [0.2, 0.25) is 0 Å². The van der Waals surface area contributed by atoms with Crippen LogP contribution in [-0.4, -0.2) is 29.5 Å². The van der Waals surface area contributed by atoms with Crippen LogP contribution in [0.25, 0.3) is 0 Å². The summed E-state index contributed by atoms with van der Waals surface area (Å²) in [6.07, 6.45) is 0.582. The topological polar surface area (TPSA) is 49.8 Å². The van der Waals surface area contributed by atoms with Gasteiger partial charge in [0.1, 0.15) is 0 Å². The summed E-state index contributed by atoms with van der Waals surface area (Å²) in [6.45, 7) is 0. The first-order chi connectivity index (χ1) is 4.20. The second-order valence-corrected chi connectivity index (χ2v) is 2.06. The summed E-state index contributed by atoms with van der Waals surface area (Å²) in [5, 5.41) is 9.63. The number of carbonyl (C=O) groups is 1. The molecule has 1 aliphatic rings. The summed E-state index contributed by atoms with van der Waals surface area (Å²) < 4.78 is 4.66. The number of hydroxylamine groups is 2. The maximum absolute atomic E-state index is 10.4. The Morgan fingerprint density at radius 3 is 2.78 bits per heavy atom. The van der Waals surface area contributed by atoms with Crippen LogP contribution in [0.2, 0.25) is 0 Å². The largest absolute Gasteiger partial charge is 0.444 e. The smallest absolute Gasteiger partial charge is 0.307 e. The Balaban J connectivity index is 2.39. The number of esters is 1. The Morgan fingerprint density at radius 2 is 2.56 bits per heavy atom. The quantitative estimate of drug-likeness (QED) is 0.401. The van der Waals surface area contributed by atoms with E-state index in [1.165, 1.54) is 7.05 Å². The van der Waals surface area contributed by atoms with Crippen molar-refractivity contribution in [1.29, 1.82) is 0 Å². The highest BCUT2D eigenvalue weighted by atomic mass is 16.6. The molecule has 1 heterocycles. The molecule has 0 saturated carbocycles. The highest BCUT2D eigenvalue weighted by Crippen LogP contribution is 2.14. The molecule has 1 saturated heterocycles. The van der Waals surface area contributed by atoms with Gasteiger partial charge in [0.15, 0.2) is 6.23 Å². The van der Waals surface area contributed by atoms with Crippen LogP contribution in [0.15, 0.2) is 0 Å². The van der Waals surface area contributed by atoms with Gasteiger partial charge in [-0.15, -0.1) is 0 Å². The predicted molar refractivity (Wildman–Crippen MR) is 28.7 cm³/mol. The summed E-state index contributed by atoms with van der Waals surface area (Å²) in [5.41, 5.74) is 0. The molecule has 0 spiro atoms. The van der Waals surface area contributed by atoms with Crippen molar-refractivity contribution in [2.24, 2.45) is 0 Å². The first kappa shape index (κ1) is 6.51. The van der Waals surface area contributed by atoms with Crippen LogP contribution in [-0.2, 0) is 9.53 Å². The van der Waals surface area contributed by atoms with Crippen LogP contribution >= 0.6 is 0 Å². The van der Waals surface area contributed by atoms with Crippen molar-refractivity contribution in [3.05, 3.63) is 0 Å². The molecular weight excluding hydrogens is 122 g/mol. The summed E-state index contributed by atoms with van der Waals surface area (Å²) in [7, 11) is 1.46. The van der Waals surface area contributed by atoms with Gasteiger partial charge in [-0.05, 0) is 0 Å². The standard InChI is InChI=1S/C5H9NO3/c1-6(8)4-2-3-5(7)9-4/h4,8H,2-3H2,1H3. The Morgan fingerprint density at radius 1 is 1.89 bits per heavy atom. The molecule has 0 aliphatic carbocycles. The van der Waals surface area contributed by atoms with E-state index in [9.17, 15) is 4.79 Å². The van der Waals surface area contributed by atoms with Crippen LogP contribution in [0.4, 0.5) is 0 Å². The highest BCUT2D eigenvalue weighted by Gasteiger charge is 2.25. The number of rotatable bonds is 1. The van der Waals surface area contributed by atoms with Crippen molar-refractivity contribution in [1.82, 2.24) is 5.06 Å². The number of hydrogen-bond donors (Lipinski definition) is 1. The first-order valence-corrected chi connectivity index (χ1v) is 2.81. The molecule has 1 unspecified atom stereocenters. The molecule has 1 aliphatic heterocycles. The fourth-order valence-corrected chi connectivity index (χ4v) is 0.774. The zero-order chi connectivity index (χ0) is 6.85. The second kappa shape index (κ2) is 2.33. The molecule has 1 rings (SSSR count). The molecule has 1 fully saturated rings. The monoisotopic (exact) mass is 131 g/mol. The minimum absolute atomic E-state index is 0.235. The van der Waals surface area contributed by atoms with Crippen LogP contribution in [0.1, 0.15) is 12.8 Å². The average Bonchev–Trinajstić information content (AvgIpc) is 2.14. The average molecular weight is 131 g/mol. The van der Waals surface area contributed by atoms with E-state index in [0.29, 0.717) is 12.8 Å². The minimum Gasteiger partial charge on any atom is -0.444 e. The summed E-state index contributed by atoms with van der Waals surface area (Å²) in [5.74, 6) is -0.235. The fraction of sp³-hybridized carbons (Fsp3) is 0.800. The first-order valence-electron chi connectivity index (χ1n) is 2.81. The molecule has 0 aromatic heterocycles. The van der Waals surface area contributed by atoms with E-state index >= 15 is 0 Å². The van der Waals surface area contributed by atoms with E-state index in [0.717, 1.165) is 5.06 Å². The Hall–Kier alpha value is -0.610. The molecule has 4 nitrogen and oxygen atoms in total. The Kier molecular flexibility index (Phi) is 1.68. The van der Waals surface area contributed by atoms with Crippen molar-refractivity contribution in [2.75, 3.05) is 7.05 Å². The molecule has 52 valence electrons. The normalized spacial score (nSPS) is 27.0. The fourth-order valence-electron chi connectivity index (χ4n) is 0.774. The Bertz CT molecular complexity index is 123. The van der Waals surface area contributed by atoms with Gasteiger partial charge in [0.05, 0.1) is 6.42 Å². The van der Waals surface area contributed by atoms with Gasteiger partial charge in [-0.25, -0.2) is 0 Å². The lowest BCUT2D eigenvalue weighted by Gasteiger charge is -2.14. The molecule has 1 N–H and O–H groups in total. The molecule has 4 heteroatoms. The molecule has 9 heavy (non-hydrogen) atoms. The number of carbonyl (C=O) groups excluding carboxylic acids is 1. The summed E-state index contributed by atoms with van der Waals surface area (Å²) in [6, 6.07) is 0. The molecule has 0 aromatic rings. The van der Waals surface area contributed by atoms with Crippen molar-refractivity contribution in [3.8, 4) is 0 Å². The summed E-state index contributed by atoms with van der Waals surface area (Å²) >= 11 is 0. The highest BCUT2D eigenvalue weighted by molar-refractivity contribution is 5.71. The van der Waals surface area contributed by atoms with E-state index in [2.05, 4.69) is 4.74 Å². The number of hydrogen-bond acceptors (Lipinski definition) is 4. The van der Waals surface area contributed by atoms with Gasteiger partial charge in [0, 0.05) is 13.5 Å². The van der Waals surface area contributed by atoms with E-state index < -0.39 is 6.23 Å². The van der Waals surface area contributed by atoms with E-state index in [1.807, 2.05) is 0 Å². The van der Waals surface area contributed by atoms with E-state index in [4.69, 9.17) is 5.21 Å². The minimum atomic E-state index is -0.419. The van der Waals surface area contributed by atoms with Gasteiger partial charge in [0.25, 0.3) is 0 Å². The maximum Gasteiger partial charge on any atom is 0.307 e. The SMILES string of the molecule is CN(O)C1CCC(=O)O1. The Labute approximate surface area is 53.0 Å². The van der Waals surface area contributed by atoms with Gasteiger partial charge < -0.3 is 9.94 Å². The zero-order valence-corrected chi connectivity index (χ0v) is 5.20. The molecule has 0 amide bonds. The third-order valence-corrected chi connectivity index (χ3v) is 1.28. The second-order valence-electron chi connectivity index (χ2n) is 2.06. The lowest BCUT2D eigenvalue weighted by molar-refractivity contribution is -0.190. The zero-order valence-electron chi connectivity index (χ0n) is 5.20. The van der Waals surface area contributed by atoms with Crippen LogP contribution in [0.5, 0.6) is 0 Å². The number of cyclic esters (lactones) is 1. The van der Waals surface area contributed by atoms with E-state index in [1.54, 1.807) is 0 Å². The summed E-state index contributed by atoms with van der Waals surface area (Å²) in [4.78, 5) is 10.4.